The van der Waals surface area contributed by atoms with Crippen LogP contribution in [0.15, 0.2) is 0 Å². The van der Waals surface area contributed by atoms with Gasteiger partial charge in [0, 0.05) is 10.8 Å². The van der Waals surface area contributed by atoms with Crippen LogP contribution in [0.4, 0.5) is 0 Å². The van der Waals surface area contributed by atoms with Crippen LogP contribution in [-0.2, 0) is 0 Å². The summed E-state index contributed by atoms with van der Waals surface area (Å²) in [5.74, 6) is -0.250. The molecule has 0 rings (SSSR count). The Bertz CT molecular complexity index is 102. The highest BCUT2D eigenvalue weighted by Crippen LogP contribution is 2.00. The van der Waals surface area contributed by atoms with Crippen molar-refractivity contribution in [3.05, 3.63) is 10.1 Å². The summed E-state index contributed by atoms with van der Waals surface area (Å²) in [5.41, 5.74) is 0. The standard InChI is InChI=1S/C5H11NO3/c1-4(5(2)7)3-6(8)9/h4-5,7H,3H2,1-2H3. The van der Waals surface area contributed by atoms with E-state index in [9.17, 15) is 10.1 Å². The van der Waals surface area contributed by atoms with Gasteiger partial charge in [-0.05, 0) is 6.92 Å². The molecule has 1 N–H and O–H groups in total. The van der Waals surface area contributed by atoms with E-state index in [0.717, 1.165) is 0 Å². The van der Waals surface area contributed by atoms with Crippen molar-refractivity contribution in [1.29, 1.82) is 0 Å². The van der Waals surface area contributed by atoms with E-state index >= 15 is 0 Å². The van der Waals surface area contributed by atoms with Gasteiger partial charge in [0.2, 0.25) is 6.54 Å². The molecule has 0 aromatic rings. The Balaban J connectivity index is 3.50. The van der Waals surface area contributed by atoms with Crippen LogP contribution in [0.2, 0.25) is 0 Å². The predicted octanol–water partition coefficient (Wildman–Crippen LogP) is 0.280. The zero-order valence-corrected chi connectivity index (χ0v) is 5.57. The molecule has 0 radical (unpaired) electrons. The van der Waals surface area contributed by atoms with E-state index in [2.05, 4.69) is 0 Å². The van der Waals surface area contributed by atoms with Crippen molar-refractivity contribution in [3.63, 3.8) is 0 Å². The van der Waals surface area contributed by atoms with Gasteiger partial charge in [0.25, 0.3) is 0 Å². The minimum atomic E-state index is -0.588. The quantitative estimate of drug-likeness (QED) is 0.444. The largest absolute Gasteiger partial charge is 0.393 e. The zero-order valence-electron chi connectivity index (χ0n) is 5.57. The van der Waals surface area contributed by atoms with E-state index in [-0.39, 0.29) is 12.5 Å². The summed E-state index contributed by atoms with van der Waals surface area (Å²) >= 11 is 0. The third-order valence-corrected chi connectivity index (χ3v) is 1.26. The van der Waals surface area contributed by atoms with Crippen molar-refractivity contribution in [3.8, 4) is 0 Å². The van der Waals surface area contributed by atoms with Gasteiger partial charge in [-0.3, -0.25) is 10.1 Å². The monoisotopic (exact) mass is 133 g/mol. The first kappa shape index (κ1) is 8.36. The molecular formula is C5H11NO3. The molecule has 4 heteroatoms. The molecule has 0 aliphatic heterocycles. The lowest BCUT2D eigenvalue weighted by molar-refractivity contribution is -0.489. The van der Waals surface area contributed by atoms with Crippen molar-refractivity contribution in [2.24, 2.45) is 5.92 Å². The third-order valence-electron chi connectivity index (χ3n) is 1.26. The Labute approximate surface area is 53.6 Å². The van der Waals surface area contributed by atoms with E-state index in [1.165, 1.54) is 0 Å². The average Bonchev–Trinajstić information content (AvgIpc) is 1.63. The maximum Gasteiger partial charge on any atom is 0.208 e. The number of aliphatic hydroxyl groups is 1. The number of rotatable bonds is 3. The topological polar surface area (TPSA) is 63.4 Å². The van der Waals surface area contributed by atoms with E-state index in [4.69, 9.17) is 5.11 Å². The summed E-state index contributed by atoms with van der Waals surface area (Å²) in [6.07, 6.45) is -0.588. The zero-order chi connectivity index (χ0) is 7.44. The molecule has 2 unspecified atom stereocenters. The molecule has 0 amide bonds. The molecule has 0 aromatic carbocycles. The minimum absolute atomic E-state index is 0.155. The molecule has 0 aromatic heterocycles. The first-order valence-corrected chi connectivity index (χ1v) is 2.84. The van der Waals surface area contributed by atoms with Crippen LogP contribution in [0, 0.1) is 16.0 Å². The van der Waals surface area contributed by atoms with Crippen molar-refractivity contribution in [2.75, 3.05) is 6.54 Å². The Morgan fingerprint density at radius 1 is 1.67 bits per heavy atom. The van der Waals surface area contributed by atoms with Crippen LogP contribution in [0.5, 0.6) is 0 Å². The van der Waals surface area contributed by atoms with Crippen molar-refractivity contribution < 1.29 is 10.0 Å². The van der Waals surface area contributed by atoms with Gasteiger partial charge >= 0.3 is 0 Å². The van der Waals surface area contributed by atoms with Crippen LogP contribution in [0.1, 0.15) is 13.8 Å². The molecule has 0 heterocycles. The first-order chi connectivity index (χ1) is 4.04. The number of nitro groups is 1. The van der Waals surface area contributed by atoms with Crippen LogP contribution >= 0.6 is 0 Å². The summed E-state index contributed by atoms with van der Waals surface area (Å²) in [7, 11) is 0. The highest BCUT2D eigenvalue weighted by molar-refractivity contribution is 4.55. The lowest BCUT2D eigenvalue weighted by Crippen LogP contribution is -2.21. The van der Waals surface area contributed by atoms with Crippen molar-refractivity contribution in [2.45, 2.75) is 20.0 Å². The van der Waals surface area contributed by atoms with E-state index in [1.807, 2.05) is 0 Å². The summed E-state index contributed by atoms with van der Waals surface area (Å²) < 4.78 is 0. The van der Waals surface area contributed by atoms with E-state index in [1.54, 1.807) is 13.8 Å². The van der Waals surface area contributed by atoms with Crippen LogP contribution in [-0.4, -0.2) is 22.7 Å². The fourth-order valence-corrected chi connectivity index (χ4v) is 0.388. The molecule has 0 aliphatic carbocycles. The van der Waals surface area contributed by atoms with Gasteiger partial charge in [-0.15, -0.1) is 0 Å². The Hall–Kier alpha value is -0.640. The molecule has 0 saturated carbocycles. The SMILES string of the molecule is CC(O)C(C)C[N+](=O)[O-]. The predicted molar refractivity (Wildman–Crippen MR) is 32.7 cm³/mol. The smallest absolute Gasteiger partial charge is 0.208 e. The number of hydrogen-bond acceptors (Lipinski definition) is 3. The van der Waals surface area contributed by atoms with Gasteiger partial charge in [-0.2, -0.15) is 0 Å². The summed E-state index contributed by atoms with van der Waals surface area (Å²) in [4.78, 5) is 9.39. The highest BCUT2D eigenvalue weighted by atomic mass is 16.6. The third kappa shape index (κ3) is 3.90. The minimum Gasteiger partial charge on any atom is -0.393 e. The fraction of sp³-hybridized carbons (Fsp3) is 1.00. The molecule has 2 atom stereocenters. The van der Waals surface area contributed by atoms with Crippen molar-refractivity contribution >= 4 is 0 Å². The molecule has 4 nitrogen and oxygen atoms in total. The summed E-state index contributed by atoms with van der Waals surface area (Å²) in [6, 6.07) is 0. The molecular weight excluding hydrogens is 122 g/mol. The van der Waals surface area contributed by atoms with Gasteiger partial charge in [0.05, 0.1) is 6.10 Å². The fourth-order valence-electron chi connectivity index (χ4n) is 0.388. The molecule has 0 aliphatic rings. The van der Waals surface area contributed by atoms with E-state index in [0.29, 0.717) is 0 Å². The molecule has 54 valence electrons. The van der Waals surface area contributed by atoms with E-state index < -0.39 is 11.0 Å². The second-order valence-electron chi connectivity index (χ2n) is 2.23. The number of nitrogens with zero attached hydrogens (tertiary/aromatic N) is 1. The first-order valence-electron chi connectivity index (χ1n) is 2.84. The van der Waals surface area contributed by atoms with Gasteiger partial charge in [-0.25, -0.2) is 0 Å². The number of aliphatic hydroxyl groups excluding tert-OH is 1. The van der Waals surface area contributed by atoms with Crippen LogP contribution in [0.25, 0.3) is 0 Å². The normalized spacial score (nSPS) is 16.8. The Morgan fingerprint density at radius 2 is 2.11 bits per heavy atom. The van der Waals surface area contributed by atoms with Crippen LogP contribution in [0.3, 0.4) is 0 Å². The Kier molecular flexibility index (Phi) is 3.16. The molecule has 9 heavy (non-hydrogen) atoms. The van der Waals surface area contributed by atoms with Gasteiger partial charge in [-0.1, -0.05) is 6.92 Å². The molecule has 0 saturated heterocycles. The Morgan fingerprint density at radius 3 is 2.22 bits per heavy atom. The number of hydrogen-bond donors (Lipinski definition) is 1. The molecule has 0 bridgehead atoms. The second kappa shape index (κ2) is 3.40. The lowest BCUT2D eigenvalue weighted by atomic mass is 10.1. The lowest BCUT2D eigenvalue weighted by Gasteiger charge is -2.07. The van der Waals surface area contributed by atoms with Gasteiger partial charge < -0.3 is 5.11 Å². The van der Waals surface area contributed by atoms with Gasteiger partial charge in [0.1, 0.15) is 0 Å². The van der Waals surface area contributed by atoms with Gasteiger partial charge in [0.15, 0.2) is 0 Å². The van der Waals surface area contributed by atoms with Crippen molar-refractivity contribution in [1.82, 2.24) is 0 Å². The maximum absolute atomic E-state index is 9.81. The summed E-state index contributed by atoms with van der Waals surface area (Å²) in [6.45, 7) is 3.04. The van der Waals surface area contributed by atoms with Crippen LogP contribution < -0.4 is 0 Å². The molecule has 0 spiro atoms. The maximum atomic E-state index is 9.81. The average molecular weight is 133 g/mol. The summed E-state index contributed by atoms with van der Waals surface area (Å²) in [5, 5.41) is 18.6. The highest BCUT2D eigenvalue weighted by Gasteiger charge is 2.13. The second-order valence-corrected chi connectivity index (χ2v) is 2.23. The molecule has 0 fully saturated rings.